The monoisotopic (exact) mass is 380 g/mol. The summed E-state index contributed by atoms with van der Waals surface area (Å²) in [5, 5.41) is -0.00222. The molecule has 112 valence electrons. The van der Waals surface area contributed by atoms with Crippen molar-refractivity contribution < 1.29 is 8.42 Å². The van der Waals surface area contributed by atoms with E-state index in [1.54, 1.807) is 0 Å². The number of rotatable bonds is 3. The van der Waals surface area contributed by atoms with Crippen LogP contribution in [0.3, 0.4) is 0 Å². The van der Waals surface area contributed by atoms with E-state index in [-0.39, 0.29) is 16.1 Å². The highest BCUT2D eigenvalue weighted by Gasteiger charge is 2.29. The first-order valence-electron chi connectivity index (χ1n) is 6.61. The van der Waals surface area contributed by atoms with E-state index in [0.717, 1.165) is 19.3 Å². The van der Waals surface area contributed by atoms with Gasteiger partial charge in [0.05, 0.1) is 0 Å². The Morgan fingerprint density at radius 3 is 2.50 bits per heavy atom. The maximum absolute atomic E-state index is 12.4. The molecule has 0 spiro atoms. The van der Waals surface area contributed by atoms with Gasteiger partial charge in [-0.2, -0.15) is 0 Å². The average Bonchev–Trinajstić information content (AvgIpc) is 2.30. The number of hydrogen-bond acceptors (Lipinski definition) is 3. The molecule has 2 unspecified atom stereocenters. The Morgan fingerprint density at radius 1 is 1.30 bits per heavy atom. The van der Waals surface area contributed by atoms with Gasteiger partial charge in [-0.1, -0.05) is 25.4 Å². The maximum atomic E-state index is 12.4. The van der Waals surface area contributed by atoms with Crippen molar-refractivity contribution in [2.75, 3.05) is 0 Å². The van der Waals surface area contributed by atoms with Gasteiger partial charge in [-0.3, -0.25) is 0 Å². The molecule has 2 rings (SSSR count). The molecule has 20 heavy (non-hydrogen) atoms. The summed E-state index contributed by atoms with van der Waals surface area (Å²) >= 11 is 9.12. The lowest BCUT2D eigenvalue weighted by molar-refractivity contribution is 0.257. The third-order valence-corrected chi connectivity index (χ3v) is 5.94. The van der Waals surface area contributed by atoms with Gasteiger partial charge >= 0.3 is 0 Å². The normalized spacial score (nSPS) is 27.5. The second-order valence-corrected chi connectivity index (χ2v) is 8.63. The molecular weight excluding hydrogens is 364 g/mol. The molecule has 1 saturated carbocycles. The van der Waals surface area contributed by atoms with Gasteiger partial charge in [-0.25, -0.2) is 18.1 Å². The summed E-state index contributed by atoms with van der Waals surface area (Å²) in [5.41, 5.74) is 0. The van der Waals surface area contributed by atoms with Crippen LogP contribution in [0.25, 0.3) is 0 Å². The van der Waals surface area contributed by atoms with E-state index in [1.165, 1.54) is 12.3 Å². The van der Waals surface area contributed by atoms with Crippen LogP contribution < -0.4 is 4.72 Å². The van der Waals surface area contributed by atoms with Crippen molar-refractivity contribution in [2.45, 2.75) is 44.0 Å². The summed E-state index contributed by atoms with van der Waals surface area (Å²) in [5.74, 6) is 1.06. The van der Waals surface area contributed by atoms with Crippen molar-refractivity contribution in [2.24, 2.45) is 11.8 Å². The van der Waals surface area contributed by atoms with Crippen molar-refractivity contribution in [1.29, 1.82) is 0 Å². The molecule has 1 aromatic rings. The third kappa shape index (κ3) is 3.93. The molecular formula is C13H18BrClN2O2S. The molecule has 1 fully saturated rings. The molecule has 0 aliphatic heterocycles. The lowest BCUT2D eigenvalue weighted by Gasteiger charge is -2.31. The van der Waals surface area contributed by atoms with Gasteiger partial charge in [-0.05, 0) is 53.1 Å². The van der Waals surface area contributed by atoms with Gasteiger partial charge in [0.2, 0.25) is 10.0 Å². The zero-order valence-corrected chi connectivity index (χ0v) is 14.6. The molecule has 0 bridgehead atoms. The van der Waals surface area contributed by atoms with E-state index < -0.39 is 10.0 Å². The van der Waals surface area contributed by atoms with Crippen LogP contribution in [0.2, 0.25) is 5.15 Å². The van der Waals surface area contributed by atoms with Crippen LogP contribution in [0.15, 0.2) is 21.6 Å². The second-order valence-electron chi connectivity index (χ2n) is 5.68. The number of sulfonamides is 1. The van der Waals surface area contributed by atoms with E-state index in [2.05, 4.69) is 39.5 Å². The number of aromatic nitrogens is 1. The predicted molar refractivity (Wildman–Crippen MR) is 83.2 cm³/mol. The Labute approximate surface area is 133 Å². The van der Waals surface area contributed by atoms with E-state index >= 15 is 0 Å². The standard InChI is InChI=1S/C13H18BrClN2O2S/c1-8-3-9(2)5-11(4-8)17-20(18,19)12-6-10(14)7-16-13(12)15/h6-9,11,17H,3-5H2,1-2H3. The van der Waals surface area contributed by atoms with Crippen molar-refractivity contribution >= 4 is 37.6 Å². The summed E-state index contributed by atoms with van der Waals surface area (Å²) in [4.78, 5) is 3.89. The molecule has 1 aliphatic carbocycles. The van der Waals surface area contributed by atoms with Gasteiger partial charge in [0.1, 0.15) is 10.0 Å². The summed E-state index contributed by atoms with van der Waals surface area (Å²) in [6, 6.07) is 1.45. The fourth-order valence-corrected chi connectivity index (χ4v) is 5.12. The van der Waals surface area contributed by atoms with Crippen LogP contribution in [0.5, 0.6) is 0 Å². The molecule has 1 N–H and O–H groups in total. The SMILES string of the molecule is CC1CC(C)CC(NS(=O)(=O)c2cc(Br)cnc2Cl)C1. The Bertz CT molecular complexity index is 584. The highest BCUT2D eigenvalue weighted by Crippen LogP contribution is 2.30. The van der Waals surface area contributed by atoms with Crippen LogP contribution in [0.1, 0.15) is 33.1 Å². The average molecular weight is 382 g/mol. The topological polar surface area (TPSA) is 59.1 Å². The minimum atomic E-state index is -3.63. The van der Waals surface area contributed by atoms with E-state index in [9.17, 15) is 8.42 Å². The number of halogens is 2. The molecule has 0 saturated heterocycles. The van der Waals surface area contributed by atoms with Crippen LogP contribution in [-0.4, -0.2) is 19.4 Å². The molecule has 0 amide bonds. The largest absolute Gasteiger partial charge is 0.243 e. The molecule has 0 aromatic carbocycles. The fourth-order valence-electron chi connectivity index (χ4n) is 2.92. The first-order chi connectivity index (χ1) is 9.28. The minimum Gasteiger partial charge on any atom is -0.242 e. The Balaban J connectivity index is 2.21. The highest BCUT2D eigenvalue weighted by atomic mass is 79.9. The quantitative estimate of drug-likeness (QED) is 0.814. The van der Waals surface area contributed by atoms with Gasteiger partial charge in [0.15, 0.2) is 0 Å². The maximum Gasteiger partial charge on any atom is 0.243 e. The van der Waals surface area contributed by atoms with Crippen LogP contribution in [-0.2, 0) is 10.0 Å². The Morgan fingerprint density at radius 2 is 1.90 bits per heavy atom. The summed E-state index contributed by atoms with van der Waals surface area (Å²) in [6.07, 6.45) is 4.36. The fraction of sp³-hybridized carbons (Fsp3) is 0.615. The molecule has 7 heteroatoms. The van der Waals surface area contributed by atoms with Gasteiger partial charge in [-0.15, -0.1) is 0 Å². The van der Waals surface area contributed by atoms with Crippen molar-refractivity contribution in [3.63, 3.8) is 0 Å². The Hall–Kier alpha value is -0.170. The predicted octanol–water partition coefficient (Wildman–Crippen LogP) is 3.60. The smallest absolute Gasteiger partial charge is 0.242 e. The van der Waals surface area contributed by atoms with Crippen LogP contribution in [0.4, 0.5) is 0 Å². The number of hydrogen-bond donors (Lipinski definition) is 1. The highest BCUT2D eigenvalue weighted by molar-refractivity contribution is 9.10. The van der Waals surface area contributed by atoms with Crippen molar-refractivity contribution in [3.05, 3.63) is 21.9 Å². The molecule has 1 aliphatic rings. The second kappa shape index (κ2) is 6.30. The van der Waals surface area contributed by atoms with E-state index in [0.29, 0.717) is 16.3 Å². The van der Waals surface area contributed by atoms with Crippen molar-refractivity contribution in [1.82, 2.24) is 9.71 Å². The van der Waals surface area contributed by atoms with Gasteiger partial charge in [0, 0.05) is 16.7 Å². The molecule has 1 aromatic heterocycles. The lowest BCUT2D eigenvalue weighted by Crippen LogP contribution is -2.40. The molecule has 4 nitrogen and oxygen atoms in total. The molecule has 2 atom stereocenters. The molecule has 1 heterocycles. The van der Waals surface area contributed by atoms with Gasteiger partial charge < -0.3 is 0 Å². The summed E-state index contributed by atoms with van der Waals surface area (Å²) < 4.78 is 28.2. The summed E-state index contributed by atoms with van der Waals surface area (Å²) in [7, 11) is -3.63. The third-order valence-electron chi connectivity index (χ3n) is 3.56. The van der Waals surface area contributed by atoms with Crippen LogP contribution >= 0.6 is 27.5 Å². The lowest BCUT2D eigenvalue weighted by atomic mass is 9.81. The van der Waals surface area contributed by atoms with E-state index in [1.807, 2.05) is 0 Å². The zero-order valence-electron chi connectivity index (χ0n) is 11.4. The minimum absolute atomic E-state index is 0.00222. The first-order valence-corrected chi connectivity index (χ1v) is 9.26. The zero-order chi connectivity index (χ0) is 14.9. The van der Waals surface area contributed by atoms with Crippen LogP contribution in [0, 0.1) is 11.8 Å². The van der Waals surface area contributed by atoms with Gasteiger partial charge in [0.25, 0.3) is 0 Å². The first kappa shape index (κ1) is 16.2. The summed E-state index contributed by atoms with van der Waals surface area (Å²) in [6.45, 7) is 4.31. The molecule has 0 radical (unpaired) electrons. The number of pyridine rings is 1. The Kier molecular flexibility index (Phi) is 5.10. The number of nitrogens with zero attached hydrogens (tertiary/aromatic N) is 1. The van der Waals surface area contributed by atoms with E-state index in [4.69, 9.17) is 11.6 Å². The number of nitrogens with one attached hydrogen (secondary N) is 1. The van der Waals surface area contributed by atoms with Crippen molar-refractivity contribution in [3.8, 4) is 0 Å².